The monoisotopic (exact) mass is 323 g/mol. The Hall–Kier alpha value is -1.88. The van der Waals surface area contributed by atoms with Crippen molar-refractivity contribution in [2.75, 3.05) is 7.05 Å². The first-order valence-corrected chi connectivity index (χ1v) is 7.36. The summed E-state index contributed by atoms with van der Waals surface area (Å²) in [6.45, 7) is -2.66. The highest BCUT2D eigenvalue weighted by molar-refractivity contribution is 6.04. The van der Waals surface area contributed by atoms with Gasteiger partial charge in [0, 0.05) is 45.5 Å². The van der Waals surface area contributed by atoms with Crippen LogP contribution in [0.25, 0.3) is 10.9 Å². The molecule has 2 aliphatic rings. The van der Waals surface area contributed by atoms with Crippen LogP contribution in [0.2, 0.25) is 0 Å². The summed E-state index contributed by atoms with van der Waals surface area (Å²) in [6, 6.07) is 0.420. The van der Waals surface area contributed by atoms with Crippen molar-refractivity contribution in [2.24, 2.45) is 6.98 Å². The lowest BCUT2D eigenvalue weighted by Crippen LogP contribution is -2.55. The van der Waals surface area contributed by atoms with E-state index in [1.165, 1.54) is 19.2 Å². The molecule has 2 bridgehead atoms. The third-order valence-corrected chi connectivity index (χ3v) is 4.24. The Balaban J connectivity index is 1.74. The van der Waals surface area contributed by atoms with Crippen LogP contribution in [-0.2, 0) is 6.98 Å². The maximum absolute atomic E-state index is 13.2. The van der Waals surface area contributed by atoms with E-state index in [0.717, 1.165) is 9.58 Å². The first kappa shape index (κ1) is 6.93. The largest absolute Gasteiger partial charge is 0.348 e. The minimum Gasteiger partial charge on any atom is -0.348 e. The van der Waals surface area contributed by atoms with Crippen molar-refractivity contribution in [3.05, 3.63) is 30.0 Å². The first-order chi connectivity index (χ1) is 15.3. The zero-order valence-electron chi connectivity index (χ0n) is 23.6. The highest BCUT2D eigenvalue weighted by atomic mass is 16.2. The number of aromatic nitrogens is 2. The molecular formula is C18H24N4O. The summed E-state index contributed by atoms with van der Waals surface area (Å²) in [5.74, 6) is -0.817. The third kappa shape index (κ3) is 2.53. The van der Waals surface area contributed by atoms with E-state index in [1.54, 1.807) is 12.1 Å². The standard InChI is InChI=1S/C18H24N4O/c1-21-13-6-5-7-14(21)11-12(10-13)19-18(23)17-15-8-3-4-9-16(15)22(2)20-17/h3-4,8-9,12-14H,5-7,10-11H2,1-2H3,(H,19,23)/t13-,14-/m1/s1/i2D3,5D2,6D2,7D2,13D,14D. The number of fused-ring (bicyclic) bond motifs is 3. The van der Waals surface area contributed by atoms with Crippen LogP contribution in [0.3, 0.4) is 0 Å². The van der Waals surface area contributed by atoms with E-state index in [4.69, 9.17) is 15.1 Å². The summed E-state index contributed by atoms with van der Waals surface area (Å²) >= 11 is 0. The lowest BCUT2D eigenvalue weighted by Gasteiger charge is -2.47. The van der Waals surface area contributed by atoms with Gasteiger partial charge in [-0.25, -0.2) is 0 Å². The number of rotatable bonds is 2. The van der Waals surface area contributed by atoms with E-state index in [9.17, 15) is 4.79 Å². The van der Waals surface area contributed by atoms with Gasteiger partial charge in [-0.3, -0.25) is 9.48 Å². The minimum atomic E-state index is -3.15. The fourth-order valence-electron chi connectivity index (χ4n) is 3.01. The molecule has 2 saturated heterocycles. The van der Waals surface area contributed by atoms with Crippen LogP contribution in [0.1, 0.15) is 57.5 Å². The Morgan fingerprint density at radius 3 is 2.87 bits per heavy atom. The Kier molecular flexibility index (Phi) is 1.70. The van der Waals surface area contributed by atoms with E-state index >= 15 is 0 Å². The number of piperidine rings is 2. The predicted octanol–water partition coefficient (Wildman–Crippen LogP) is 2.32. The van der Waals surface area contributed by atoms with Crippen LogP contribution in [0.4, 0.5) is 0 Å². The van der Waals surface area contributed by atoms with Gasteiger partial charge in [0.05, 0.1) is 5.52 Å². The van der Waals surface area contributed by atoms with E-state index in [-0.39, 0.29) is 16.6 Å². The quantitative estimate of drug-likeness (QED) is 0.923. The molecule has 0 unspecified atom stereocenters. The Morgan fingerprint density at radius 2 is 2.13 bits per heavy atom. The van der Waals surface area contributed by atoms with Crippen molar-refractivity contribution in [1.29, 1.82) is 0 Å². The molecule has 0 saturated carbocycles. The van der Waals surface area contributed by atoms with Gasteiger partial charge in [-0.15, -0.1) is 0 Å². The number of hydrogen-bond acceptors (Lipinski definition) is 3. The molecule has 5 heteroatoms. The summed E-state index contributed by atoms with van der Waals surface area (Å²) in [6.07, 6.45) is -10.0. The second-order valence-corrected chi connectivity index (χ2v) is 5.68. The zero-order valence-corrected chi connectivity index (χ0v) is 12.6. The van der Waals surface area contributed by atoms with E-state index in [2.05, 4.69) is 10.4 Å². The number of nitrogens with one attached hydrogen (secondary N) is 1. The summed E-state index contributed by atoms with van der Waals surface area (Å²) in [5.41, 5.74) is -0.0158. The number of para-hydroxylation sites is 1. The number of benzene rings is 1. The van der Waals surface area contributed by atoms with Gasteiger partial charge in [0.25, 0.3) is 5.91 Å². The van der Waals surface area contributed by atoms with Gasteiger partial charge in [0.2, 0.25) is 0 Å². The molecule has 1 aromatic carbocycles. The topological polar surface area (TPSA) is 50.2 Å². The molecule has 0 spiro atoms. The molecule has 2 atom stereocenters. The second-order valence-electron chi connectivity index (χ2n) is 5.68. The van der Waals surface area contributed by atoms with Crippen molar-refractivity contribution >= 4 is 16.8 Å². The summed E-state index contributed by atoms with van der Waals surface area (Å²) in [7, 11) is 1.22. The van der Waals surface area contributed by atoms with Crippen molar-refractivity contribution in [3.63, 3.8) is 0 Å². The average molecular weight is 323 g/mol. The molecule has 23 heavy (non-hydrogen) atoms. The van der Waals surface area contributed by atoms with Crippen molar-refractivity contribution in [1.82, 2.24) is 20.0 Å². The maximum atomic E-state index is 13.2. The molecule has 1 amide bonds. The van der Waals surface area contributed by atoms with Gasteiger partial charge in [0.15, 0.2) is 5.69 Å². The zero-order chi connectivity index (χ0) is 25.7. The number of nitrogens with zero attached hydrogens (tertiary/aromatic N) is 3. The molecule has 1 aromatic heterocycles. The van der Waals surface area contributed by atoms with Crippen molar-refractivity contribution in [2.45, 2.75) is 50.0 Å². The molecule has 1 N–H and O–H groups in total. The van der Waals surface area contributed by atoms with Crippen molar-refractivity contribution < 1.29 is 19.9 Å². The predicted molar refractivity (Wildman–Crippen MR) is 90.4 cm³/mol. The molecular weight excluding hydrogens is 288 g/mol. The molecule has 2 fully saturated rings. The number of carbonyl (C=O) groups is 1. The number of amides is 1. The second kappa shape index (κ2) is 5.64. The van der Waals surface area contributed by atoms with E-state index in [1.807, 2.05) is 0 Å². The van der Waals surface area contributed by atoms with Gasteiger partial charge in [-0.05, 0) is 38.7 Å². The molecule has 122 valence electrons. The average Bonchev–Trinajstić information content (AvgIpc) is 3.11. The summed E-state index contributed by atoms with van der Waals surface area (Å²) in [4.78, 5) is 14.1. The summed E-state index contributed by atoms with van der Waals surface area (Å²) < 4.78 is 91.0. The maximum Gasteiger partial charge on any atom is 0.272 e. The van der Waals surface area contributed by atoms with Crippen molar-refractivity contribution in [3.8, 4) is 0 Å². The molecule has 0 radical (unpaired) electrons. The van der Waals surface area contributed by atoms with Crippen LogP contribution in [0.15, 0.2) is 24.3 Å². The van der Waals surface area contributed by atoms with Crippen LogP contribution in [-0.4, -0.2) is 45.7 Å². The Morgan fingerprint density at radius 1 is 1.39 bits per heavy atom. The highest BCUT2D eigenvalue weighted by Crippen LogP contribution is 2.32. The number of hydrogen-bond donors (Lipinski definition) is 1. The molecule has 3 heterocycles. The van der Waals surface area contributed by atoms with Gasteiger partial charge in [0.1, 0.15) is 0 Å². The molecule has 2 aromatic rings. The number of aryl methyl sites for hydroxylation is 1. The fraction of sp³-hybridized carbons (Fsp3) is 0.556. The lowest BCUT2D eigenvalue weighted by atomic mass is 9.82. The summed E-state index contributed by atoms with van der Waals surface area (Å²) in [5, 5.41) is 6.79. The normalized spacial score (nSPS) is 48.6. The Labute approximate surface area is 152 Å². The smallest absolute Gasteiger partial charge is 0.272 e. The first-order valence-electron chi connectivity index (χ1n) is 12.9. The van der Waals surface area contributed by atoms with Crippen LogP contribution in [0.5, 0.6) is 0 Å². The minimum absolute atomic E-state index is 0.197. The number of carbonyl (C=O) groups excluding carboxylic acids is 1. The van der Waals surface area contributed by atoms with E-state index in [0.29, 0.717) is 0 Å². The molecule has 5 nitrogen and oxygen atoms in total. The molecule has 0 aliphatic carbocycles. The van der Waals surface area contributed by atoms with Gasteiger partial charge in [-0.2, -0.15) is 5.10 Å². The SMILES string of the molecule is [2H]C([2H])([2H])n1nc(C(=O)NC2C[C@]3([2H])N(C)[C@@]([2H])(C2)C([2H])([2H])C([2H])([2H])C3([2H])[2H])c2ccccc21. The van der Waals surface area contributed by atoms with Gasteiger partial charge >= 0.3 is 0 Å². The van der Waals surface area contributed by atoms with E-state index < -0.39 is 62.9 Å². The van der Waals surface area contributed by atoms with Crippen LogP contribution >= 0.6 is 0 Å². The Bertz CT molecular complexity index is 1130. The fourth-order valence-corrected chi connectivity index (χ4v) is 3.01. The van der Waals surface area contributed by atoms with Gasteiger partial charge in [-0.1, -0.05) is 24.6 Å². The lowest BCUT2D eigenvalue weighted by molar-refractivity contribution is 0.0462. The molecule has 4 rings (SSSR count). The molecule has 2 aliphatic heterocycles. The highest BCUT2D eigenvalue weighted by Gasteiger charge is 2.36. The van der Waals surface area contributed by atoms with Gasteiger partial charge < -0.3 is 10.2 Å². The third-order valence-electron chi connectivity index (χ3n) is 4.24. The van der Waals surface area contributed by atoms with Crippen LogP contribution < -0.4 is 5.32 Å². The van der Waals surface area contributed by atoms with Crippen LogP contribution in [0, 0.1) is 0 Å².